The molecule has 0 saturated carbocycles. The standard InChI is InChI=1S/C18H19F2N3O2/c19-12-1-6-17(16(20)11-12)23-18(24)22-14-4-2-13(3-5-14)21-15-7-9-25-10-8-15/h1-6,11,15,21H,7-10H2,(H2,22,23,24). The van der Waals surface area contributed by atoms with Gasteiger partial charge in [0.15, 0.2) is 0 Å². The first-order valence-electron chi connectivity index (χ1n) is 8.07. The second-order valence-corrected chi connectivity index (χ2v) is 5.81. The van der Waals surface area contributed by atoms with Crippen LogP contribution in [-0.2, 0) is 4.74 Å². The van der Waals surface area contributed by atoms with Crippen LogP contribution in [0.15, 0.2) is 42.5 Å². The number of anilines is 3. The van der Waals surface area contributed by atoms with E-state index in [4.69, 9.17) is 4.74 Å². The molecule has 0 bridgehead atoms. The molecule has 0 aliphatic carbocycles. The molecule has 0 unspecified atom stereocenters. The van der Waals surface area contributed by atoms with E-state index in [1.807, 2.05) is 12.1 Å². The zero-order valence-corrected chi connectivity index (χ0v) is 13.5. The molecule has 1 aliphatic heterocycles. The predicted molar refractivity (Wildman–Crippen MR) is 92.9 cm³/mol. The number of ether oxygens (including phenoxy) is 1. The van der Waals surface area contributed by atoms with E-state index in [0.29, 0.717) is 17.8 Å². The van der Waals surface area contributed by atoms with Gasteiger partial charge in [0.05, 0.1) is 5.69 Å². The third-order valence-electron chi connectivity index (χ3n) is 3.91. The second-order valence-electron chi connectivity index (χ2n) is 5.81. The van der Waals surface area contributed by atoms with E-state index in [-0.39, 0.29) is 5.69 Å². The summed E-state index contributed by atoms with van der Waals surface area (Å²) in [4.78, 5) is 11.9. The predicted octanol–water partition coefficient (Wildman–Crippen LogP) is 4.20. The van der Waals surface area contributed by atoms with E-state index in [1.165, 1.54) is 6.07 Å². The quantitative estimate of drug-likeness (QED) is 0.777. The van der Waals surface area contributed by atoms with Gasteiger partial charge in [-0.1, -0.05) is 0 Å². The molecule has 25 heavy (non-hydrogen) atoms. The first-order valence-corrected chi connectivity index (χ1v) is 8.07. The van der Waals surface area contributed by atoms with Gasteiger partial charge in [-0.2, -0.15) is 0 Å². The molecule has 0 aromatic heterocycles. The summed E-state index contributed by atoms with van der Waals surface area (Å²) < 4.78 is 31.7. The molecule has 0 radical (unpaired) electrons. The smallest absolute Gasteiger partial charge is 0.323 e. The topological polar surface area (TPSA) is 62.4 Å². The van der Waals surface area contributed by atoms with E-state index in [9.17, 15) is 13.6 Å². The third-order valence-corrected chi connectivity index (χ3v) is 3.91. The second kappa shape index (κ2) is 7.94. The molecule has 3 N–H and O–H groups in total. The van der Waals surface area contributed by atoms with Gasteiger partial charge < -0.3 is 20.7 Å². The molecule has 7 heteroatoms. The monoisotopic (exact) mass is 347 g/mol. The molecule has 0 spiro atoms. The molecule has 2 aromatic carbocycles. The SMILES string of the molecule is O=C(Nc1ccc(NC2CCOCC2)cc1)Nc1ccc(F)cc1F. The lowest BCUT2D eigenvalue weighted by Gasteiger charge is -2.24. The average molecular weight is 347 g/mol. The molecule has 1 heterocycles. The summed E-state index contributed by atoms with van der Waals surface area (Å²) in [6.45, 7) is 1.52. The highest BCUT2D eigenvalue weighted by Crippen LogP contribution is 2.19. The first kappa shape index (κ1) is 17.2. The molecule has 2 amide bonds. The summed E-state index contributed by atoms with van der Waals surface area (Å²) in [5.41, 5.74) is 1.44. The maximum Gasteiger partial charge on any atom is 0.323 e. The van der Waals surface area contributed by atoms with Gasteiger partial charge in [-0.3, -0.25) is 0 Å². The Balaban J connectivity index is 1.54. The van der Waals surface area contributed by atoms with Crippen LogP contribution in [0.1, 0.15) is 12.8 Å². The van der Waals surface area contributed by atoms with Crippen LogP contribution >= 0.6 is 0 Å². The van der Waals surface area contributed by atoms with Crippen molar-refractivity contribution < 1.29 is 18.3 Å². The Morgan fingerprint density at radius 1 is 0.960 bits per heavy atom. The Bertz CT molecular complexity index is 732. The molecule has 5 nitrogen and oxygen atoms in total. The van der Waals surface area contributed by atoms with Gasteiger partial charge in [0, 0.05) is 36.7 Å². The van der Waals surface area contributed by atoms with Crippen molar-refractivity contribution in [1.82, 2.24) is 0 Å². The summed E-state index contributed by atoms with van der Waals surface area (Å²) in [7, 11) is 0. The van der Waals surface area contributed by atoms with Crippen molar-refractivity contribution >= 4 is 23.1 Å². The Kier molecular flexibility index (Phi) is 5.45. The van der Waals surface area contributed by atoms with Crippen molar-refractivity contribution in [2.24, 2.45) is 0 Å². The Hall–Kier alpha value is -2.67. The normalized spacial score (nSPS) is 14.8. The molecule has 1 saturated heterocycles. The number of urea groups is 1. The van der Waals surface area contributed by atoms with Crippen molar-refractivity contribution in [2.45, 2.75) is 18.9 Å². The van der Waals surface area contributed by atoms with Gasteiger partial charge in [0.2, 0.25) is 0 Å². The number of rotatable bonds is 4. The number of carbonyl (C=O) groups excluding carboxylic acids is 1. The summed E-state index contributed by atoms with van der Waals surface area (Å²) in [5.74, 6) is -1.53. The van der Waals surface area contributed by atoms with Gasteiger partial charge in [0.1, 0.15) is 11.6 Å². The van der Waals surface area contributed by atoms with E-state index in [1.54, 1.807) is 12.1 Å². The number of nitrogens with one attached hydrogen (secondary N) is 3. The van der Waals surface area contributed by atoms with Crippen molar-refractivity contribution in [1.29, 1.82) is 0 Å². The molecule has 2 aromatic rings. The van der Waals surface area contributed by atoms with Gasteiger partial charge in [-0.05, 0) is 49.2 Å². The maximum absolute atomic E-state index is 13.5. The fraction of sp³-hybridized carbons (Fsp3) is 0.278. The van der Waals surface area contributed by atoms with Crippen molar-refractivity contribution in [3.8, 4) is 0 Å². The highest BCUT2D eigenvalue weighted by molar-refractivity contribution is 5.99. The highest BCUT2D eigenvalue weighted by atomic mass is 19.1. The fourth-order valence-corrected chi connectivity index (χ4v) is 2.60. The Labute approximate surface area is 144 Å². The number of benzene rings is 2. The molecule has 132 valence electrons. The van der Waals surface area contributed by atoms with Crippen molar-refractivity contribution in [3.05, 3.63) is 54.1 Å². The third kappa shape index (κ3) is 4.90. The number of carbonyl (C=O) groups is 1. The molecule has 1 fully saturated rings. The van der Waals surface area contributed by atoms with Crippen LogP contribution in [0, 0.1) is 11.6 Å². The van der Waals surface area contributed by atoms with Gasteiger partial charge in [-0.15, -0.1) is 0 Å². The minimum absolute atomic E-state index is 0.0864. The van der Waals surface area contributed by atoms with E-state index < -0.39 is 17.7 Å². The Morgan fingerprint density at radius 3 is 2.32 bits per heavy atom. The average Bonchev–Trinajstić information content (AvgIpc) is 2.60. The van der Waals surface area contributed by atoms with Crippen LogP contribution in [-0.4, -0.2) is 25.3 Å². The maximum atomic E-state index is 13.5. The number of halogens is 2. The number of hydrogen-bond donors (Lipinski definition) is 3. The Morgan fingerprint density at radius 2 is 1.64 bits per heavy atom. The summed E-state index contributed by atoms with van der Waals surface area (Å²) in [6.07, 6.45) is 1.93. The van der Waals surface area contributed by atoms with E-state index >= 15 is 0 Å². The lowest BCUT2D eigenvalue weighted by molar-refractivity contribution is 0.0904. The van der Waals surface area contributed by atoms with Crippen LogP contribution in [0.4, 0.5) is 30.6 Å². The molecule has 0 atom stereocenters. The van der Waals surface area contributed by atoms with Gasteiger partial charge in [-0.25, -0.2) is 13.6 Å². The zero-order valence-electron chi connectivity index (χ0n) is 13.5. The lowest BCUT2D eigenvalue weighted by Crippen LogP contribution is -2.27. The minimum Gasteiger partial charge on any atom is -0.382 e. The van der Waals surface area contributed by atoms with E-state index in [2.05, 4.69) is 16.0 Å². The summed E-state index contributed by atoms with van der Waals surface area (Å²) >= 11 is 0. The minimum atomic E-state index is -0.828. The largest absolute Gasteiger partial charge is 0.382 e. The fourth-order valence-electron chi connectivity index (χ4n) is 2.60. The van der Waals surface area contributed by atoms with Crippen molar-refractivity contribution in [3.63, 3.8) is 0 Å². The van der Waals surface area contributed by atoms with Gasteiger partial charge >= 0.3 is 6.03 Å². The molecule has 1 aliphatic rings. The molecular formula is C18H19F2N3O2. The van der Waals surface area contributed by atoms with Crippen LogP contribution in [0.25, 0.3) is 0 Å². The van der Waals surface area contributed by atoms with E-state index in [0.717, 1.165) is 37.8 Å². The summed E-state index contributed by atoms with van der Waals surface area (Å²) in [5, 5.41) is 8.37. The van der Waals surface area contributed by atoms with Crippen LogP contribution in [0.5, 0.6) is 0 Å². The molecule has 3 rings (SSSR count). The van der Waals surface area contributed by atoms with Crippen LogP contribution in [0.2, 0.25) is 0 Å². The zero-order chi connectivity index (χ0) is 17.6. The van der Waals surface area contributed by atoms with Crippen LogP contribution in [0.3, 0.4) is 0 Å². The van der Waals surface area contributed by atoms with Gasteiger partial charge in [0.25, 0.3) is 0 Å². The van der Waals surface area contributed by atoms with Crippen molar-refractivity contribution in [2.75, 3.05) is 29.2 Å². The molecular weight excluding hydrogens is 328 g/mol. The van der Waals surface area contributed by atoms with Crippen LogP contribution < -0.4 is 16.0 Å². The summed E-state index contributed by atoms with van der Waals surface area (Å²) in [6, 6.07) is 9.98. The lowest BCUT2D eigenvalue weighted by atomic mass is 10.1. The first-order chi connectivity index (χ1) is 12.1. The highest BCUT2D eigenvalue weighted by Gasteiger charge is 2.13. The number of amides is 2. The number of hydrogen-bond acceptors (Lipinski definition) is 3.